The molecule has 8 heteroatoms. The van der Waals surface area contributed by atoms with E-state index < -0.39 is 0 Å². The summed E-state index contributed by atoms with van der Waals surface area (Å²) in [6, 6.07) is 7.90. The third-order valence-corrected chi connectivity index (χ3v) is 7.16. The van der Waals surface area contributed by atoms with Gasteiger partial charge < -0.3 is 14.6 Å². The van der Waals surface area contributed by atoms with Gasteiger partial charge in [0.2, 0.25) is 5.82 Å². The van der Waals surface area contributed by atoms with E-state index >= 15 is 0 Å². The van der Waals surface area contributed by atoms with Gasteiger partial charge in [0.05, 0.1) is 31.8 Å². The molecule has 1 saturated heterocycles. The lowest BCUT2D eigenvalue weighted by Gasteiger charge is -2.33. The summed E-state index contributed by atoms with van der Waals surface area (Å²) in [5.41, 5.74) is 1.49. The molecule has 2 fully saturated rings. The van der Waals surface area contributed by atoms with Crippen LogP contribution in [0, 0.1) is 5.92 Å². The smallest absolute Gasteiger partial charge is 0.258 e. The summed E-state index contributed by atoms with van der Waals surface area (Å²) in [6.45, 7) is 4.33. The number of hydrogen-bond donors (Lipinski definition) is 2. The number of nitrogens with one attached hydrogen (secondary N) is 2. The molecule has 8 nitrogen and oxygen atoms in total. The van der Waals surface area contributed by atoms with Gasteiger partial charge in [0.15, 0.2) is 6.04 Å². The fourth-order valence-corrected chi connectivity index (χ4v) is 5.31. The molecule has 1 aliphatic carbocycles. The second-order valence-corrected chi connectivity index (χ2v) is 9.20. The van der Waals surface area contributed by atoms with Gasteiger partial charge >= 0.3 is 0 Å². The summed E-state index contributed by atoms with van der Waals surface area (Å²) in [5.74, 6) is 2.32. The van der Waals surface area contributed by atoms with Crippen LogP contribution in [0.4, 0.5) is 0 Å². The van der Waals surface area contributed by atoms with Crippen LogP contribution in [0.3, 0.4) is 0 Å². The molecular weight excluding hydrogens is 392 g/mol. The summed E-state index contributed by atoms with van der Waals surface area (Å²) < 4.78 is 7.42. The van der Waals surface area contributed by atoms with Crippen LogP contribution in [-0.2, 0) is 0 Å². The summed E-state index contributed by atoms with van der Waals surface area (Å²) in [7, 11) is 1.66. The van der Waals surface area contributed by atoms with Gasteiger partial charge in [0, 0.05) is 10.9 Å². The molecule has 2 aromatic heterocycles. The van der Waals surface area contributed by atoms with Crippen LogP contribution in [-0.4, -0.2) is 45.4 Å². The molecule has 3 heterocycles. The quantitative estimate of drug-likeness (QED) is 0.656. The molecule has 0 radical (unpaired) electrons. The van der Waals surface area contributed by atoms with Crippen molar-refractivity contribution in [3.63, 3.8) is 0 Å². The first-order chi connectivity index (χ1) is 15.1. The molecule has 2 N–H and O–H groups in total. The molecule has 1 aromatic carbocycles. The van der Waals surface area contributed by atoms with E-state index in [4.69, 9.17) is 4.74 Å². The number of hydrogen-bond acceptors (Lipinski definition) is 5. The number of aromatic amines is 1. The fourth-order valence-electron chi connectivity index (χ4n) is 5.31. The van der Waals surface area contributed by atoms with Crippen LogP contribution in [0.2, 0.25) is 0 Å². The zero-order valence-electron chi connectivity index (χ0n) is 18.3. The number of pyridine rings is 1. The number of methoxy groups -OCH3 is 1. The molecule has 0 bridgehead atoms. The Labute approximate surface area is 181 Å². The highest BCUT2D eigenvalue weighted by Crippen LogP contribution is 2.31. The molecule has 5 rings (SSSR count). The Hall–Kier alpha value is -2.74. The summed E-state index contributed by atoms with van der Waals surface area (Å²) in [4.78, 5) is 17.7. The predicted octanol–water partition coefficient (Wildman–Crippen LogP) is 2.04. The first-order valence-corrected chi connectivity index (χ1v) is 11.5. The van der Waals surface area contributed by atoms with Gasteiger partial charge in [-0.25, -0.2) is 4.68 Å². The van der Waals surface area contributed by atoms with E-state index in [1.54, 1.807) is 7.11 Å². The van der Waals surface area contributed by atoms with Crippen LogP contribution >= 0.6 is 0 Å². The molecule has 0 amide bonds. The van der Waals surface area contributed by atoms with Gasteiger partial charge in [-0.05, 0) is 66.3 Å². The lowest BCUT2D eigenvalue weighted by atomic mass is 9.95. The second-order valence-electron chi connectivity index (χ2n) is 9.20. The van der Waals surface area contributed by atoms with Crippen molar-refractivity contribution in [2.75, 3.05) is 20.2 Å². The van der Waals surface area contributed by atoms with Crippen LogP contribution < -0.4 is 15.2 Å². The normalized spacial score (nSPS) is 23.3. The largest absolute Gasteiger partial charge is 0.497 e. The standard InChI is InChI=1S/C23H30N6O2/c1-15-9-11-28(12-10-15)21(22-25-26-27-29(22)17-5-3-4-6-17)19-14-16-13-18(31-2)7-8-20(16)24-23(19)30/h7-8,13-15,17,21H,3-6,9-12H2,1-2H3,(H,24,30)/p+1/t21-/m0/s1. The lowest BCUT2D eigenvalue weighted by molar-refractivity contribution is -0.932. The Morgan fingerprint density at radius 3 is 2.68 bits per heavy atom. The topological polar surface area (TPSA) is 90.1 Å². The van der Waals surface area contributed by atoms with Crippen LogP contribution in [0.5, 0.6) is 5.75 Å². The molecular formula is C23H31N6O2+. The predicted molar refractivity (Wildman–Crippen MR) is 117 cm³/mol. The maximum absolute atomic E-state index is 13.3. The average molecular weight is 424 g/mol. The van der Waals surface area contributed by atoms with E-state index in [0.29, 0.717) is 6.04 Å². The number of ether oxygens (including phenoxy) is 1. The first-order valence-electron chi connectivity index (χ1n) is 11.5. The number of benzene rings is 1. The minimum absolute atomic E-state index is 0.0604. The Morgan fingerprint density at radius 1 is 1.16 bits per heavy atom. The zero-order chi connectivity index (χ0) is 21.4. The van der Waals surface area contributed by atoms with Crippen LogP contribution in [0.1, 0.15) is 68.9 Å². The van der Waals surface area contributed by atoms with Crippen molar-refractivity contribution in [1.29, 1.82) is 0 Å². The summed E-state index contributed by atoms with van der Waals surface area (Å²) in [5, 5.41) is 13.9. The minimum Gasteiger partial charge on any atom is -0.497 e. The molecule has 164 valence electrons. The van der Waals surface area contributed by atoms with E-state index in [1.807, 2.05) is 28.9 Å². The highest BCUT2D eigenvalue weighted by molar-refractivity contribution is 5.80. The van der Waals surface area contributed by atoms with Crippen molar-refractivity contribution < 1.29 is 9.64 Å². The maximum atomic E-state index is 13.3. The molecule has 2 aliphatic rings. The molecule has 1 aliphatic heterocycles. The highest BCUT2D eigenvalue weighted by atomic mass is 16.5. The summed E-state index contributed by atoms with van der Waals surface area (Å²) in [6.07, 6.45) is 6.91. The van der Waals surface area contributed by atoms with Crippen molar-refractivity contribution in [2.24, 2.45) is 5.92 Å². The van der Waals surface area contributed by atoms with Gasteiger partial charge in [0.1, 0.15) is 5.75 Å². The summed E-state index contributed by atoms with van der Waals surface area (Å²) >= 11 is 0. The van der Waals surface area contributed by atoms with Gasteiger partial charge in [-0.1, -0.05) is 19.8 Å². The number of piperidine rings is 1. The molecule has 1 saturated carbocycles. The van der Waals surface area contributed by atoms with E-state index in [2.05, 4.69) is 27.4 Å². The number of aromatic nitrogens is 5. The number of tetrazole rings is 1. The van der Waals surface area contributed by atoms with E-state index in [0.717, 1.165) is 72.7 Å². The number of likely N-dealkylation sites (tertiary alicyclic amines) is 1. The monoisotopic (exact) mass is 423 g/mol. The van der Waals surface area contributed by atoms with E-state index in [-0.39, 0.29) is 11.6 Å². The fraction of sp³-hybridized carbons (Fsp3) is 0.565. The zero-order valence-corrected chi connectivity index (χ0v) is 18.3. The van der Waals surface area contributed by atoms with Crippen molar-refractivity contribution in [1.82, 2.24) is 25.2 Å². The maximum Gasteiger partial charge on any atom is 0.258 e. The highest BCUT2D eigenvalue weighted by Gasteiger charge is 2.37. The van der Waals surface area contributed by atoms with E-state index in [9.17, 15) is 4.79 Å². The third-order valence-electron chi connectivity index (χ3n) is 7.16. The first kappa shape index (κ1) is 20.2. The van der Waals surface area contributed by atoms with Gasteiger partial charge in [-0.2, -0.15) is 0 Å². The Balaban J connectivity index is 1.63. The van der Waals surface area contributed by atoms with Crippen LogP contribution in [0.15, 0.2) is 29.1 Å². The SMILES string of the molecule is COc1ccc2[nH]c(=O)c([C@@H](c3nnnn3C3CCCC3)[NH+]3CCC(C)CC3)cc2c1. The molecule has 3 aromatic rings. The number of fused-ring (bicyclic) bond motifs is 1. The molecule has 1 atom stereocenters. The molecule has 0 unspecified atom stereocenters. The number of rotatable bonds is 5. The molecule has 0 spiro atoms. The van der Waals surface area contributed by atoms with Gasteiger partial charge in [-0.3, -0.25) is 4.79 Å². The Kier molecular flexibility index (Phi) is 5.48. The number of nitrogens with zero attached hydrogens (tertiary/aromatic N) is 4. The van der Waals surface area contributed by atoms with Crippen molar-refractivity contribution >= 4 is 10.9 Å². The number of H-pyrrole nitrogens is 1. The average Bonchev–Trinajstić information content (AvgIpc) is 3.47. The van der Waals surface area contributed by atoms with Crippen molar-refractivity contribution in [3.05, 3.63) is 46.0 Å². The van der Waals surface area contributed by atoms with Gasteiger partial charge in [-0.15, -0.1) is 5.10 Å². The molecule has 31 heavy (non-hydrogen) atoms. The lowest BCUT2D eigenvalue weighted by Crippen LogP contribution is -3.13. The second kappa shape index (κ2) is 8.42. The Bertz CT molecular complexity index is 1110. The van der Waals surface area contributed by atoms with Gasteiger partial charge in [0.25, 0.3) is 5.56 Å². The van der Waals surface area contributed by atoms with Crippen molar-refractivity contribution in [3.8, 4) is 5.75 Å². The van der Waals surface area contributed by atoms with E-state index in [1.165, 1.54) is 17.7 Å². The van der Waals surface area contributed by atoms with Crippen LogP contribution in [0.25, 0.3) is 10.9 Å². The minimum atomic E-state index is -0.178. The van der Waals surface area contributed by atoms with Crippen molar-refractivity contribution in [2.45, 2.75) is 57.5 Å². The Morgan fingerprint density at radius 2 is 1.94 bits per heavy atom. The number of quaternary nitrogens is 1. The third kappa shape index (κ3) is 3.84.